The lowest BCUT2D eigenvalue weighted by Crippen LogP contribution is -2.50. The van der Waals surface area contributed by atoms with Crippen LogP contribution >= 0.6 is 0 Å². The van der Waals surface area contributed by atoms with Crippen LogP contribution in [0.2, 0.25) is 0 Å². The quantitative estimate of drug-likeness (QED) is 0.873. The molecule has 5 heteroatoms. The van der Waals surface area contributed by atoms with E-state index in [0.29, 0.717) is 29.7 Å². The molecule has 1 aliphatic rings. The lowest BCUT2D eigenvalue weighted by Gasteiger charge is -2.40. The van der Waals surface area contributed by atoms with Crippen LogP contribution in [0, 0.1) is 5.92 Å². The predicted molar refractivity (Wildman–Crippen MR) is 81.5 cm³/mol. The van der Waals surface area contributed by atoms with Gasteiger partial charge in [-0.15, -0.1) is 0 Å². The van der Waals surface area contributed by atoms with Crippen LogP contribution in [0.25, 0.3) is 0 Å². The third kappa shape index (κ3) is 2.56. The highest BCUT2D eigenvalue weighted by atomic mass is 16.5. The second-order valence-electron chi connectivity index (χ2n) is 5.87. The van der Waals surface area contributed by atoms with Crippen molar-refractivity contribution in [2.24, 2.45) is 5.92 Å². The van der Waals surface area contributed by atoms with Crippen LogP contribution in [0.4, 0.5) is 0 Å². The van der Waals surface area contributed by atoms with E-state index in [9.17, 15) is 19.8 Å². The molecule has 2 rings (SSSR count). The van der Waals surface area contributed by atoms with Gasteiger partial charge >= 0.3 is 5.97 Å². The zero-order valence-corrected chi connectivity index (χ0v) is 13.2. The van der Waals surface area contributed by atoms with Crippen molar-refractivity contribution in [3.05, 3.63) is 23.3 Å². The number of ether oxygens (including phenoxy) is 1. The number of carboxylic acids is 1. The zero-order chi connectivity index (χ0) is 16.5. The number of aliphatic carboxylic acids is 1. The molecule has 0 spiro atoms. The molecule has 1 aromatic carbocycles. The fourth-order valence-electron chi connectivity index (χ4n) is 3.02. The zero-order valence-electron chi connectivity index (χ0n) is 13.2. The van der Waals surface area contributed by atoms with Crippen LogP contribution in [-0.2, 0) is 11.2 Å². The third-order valence-electron chi connectivity index (χ3n) is 4.56. The van der Waals surface area contributed by atoms with Gasteiger partial charge in [-0.25, -0.2) is 0 Å². The van der Waals surface area contributed by atoms with Gasteiger partial charge in [0, 0.05) is 5.56 Å². The van der Waals surface area contributed by atoms with E-state index >= 15 is 0 Å². The molecule has 0 aliphatic carbocycles. The average Bonchev–Trinajstić information content (AvgIpc) is 2.49. The number of rotatable bonds is 5. The number of aromatic hydroxyl groups is 1. The molecule has 0 fully saturated rings. The van der Waals surface area contributed by atoms with E-state index in [4.69, 9.17) is 4.74 Å². The SMILES string of the molecule is CCCc1c(O)ccc2c1OC(CC)(C(C)C(=O)O)CC2=O. The summed E-state index contributed by atoms with van der Waals surface area (Å²) in [5, 5.41) is 19.4. The van der Waals surface area contributed by atoms with Crippen molar-refractivity contribution in [2.45, 2.75) is 52.1 Å². The average molecular weight is 306 g/mol. The first kappa shape index (κ1) is 16.3. The van der Waals surface area contributed by atoms with Gasteiger partial charge in [-0.2, -0.15) is 0 Å². The monoisotopic (exact) mass is 306 g/mol. The molecule has 0 amide bonds. The lowest BCUT2D eigenvalue weighted by atomic mass is 9.78. The molecule has 120 valence electrons. The Morgan fingerprint density at radius 3 is 2.64 bits per heavy atom. The number of carbonyl (C=O) groups excluding carboxylic acids is 1. The minimum absolute atomic E-state index is 0.0420. The minimum Gasteiger partial charge on any atom is -0.508 e. The number of phenolic OH excluding ortho intramolecular Hbond substituents is 1. The molecule has 0 saturated heterocycles. The molecule has 5 nitrogen and oxygen atoms in total. The van der Waals surface area contributed by atoms with Gasteiger partial charge < -0.3 is 14.9 Å². The molecule has 0 bridgehead atoms. The van der Waals surface area contributed by atoms with E-state index in [1.807, 2.05) is 13.8 Å². The topological polar surface area (TPSA) is 83.8 Å². The summed E-state index contributed by atoms with van der Waals surface area (Å²) in [6.45, 7) is 5.35. The number of phenols is 1. The molecule has 0 radical (unpaired) electrons. The van der Waals surface area contributed by atoms with Gasteiger partial charge in [0.1, 0.15) is 17.1 Å². The highest BCUT2D eigenvalue weighted by Crippen LogP contribution is 2.44. The fourth-order valence-corrected chi connectivity index (χ4v) is 3.02. The van der Waals surface area contributed by atoms with Gasteiger partial charge in [0.2, 0.25) is 0 Å². The minimum atomic E-state index is -1.06. The summed E-state index contributed by atoms with van der Waals surface area (Å²) in [7, 11) is 0. The number of ketones is 1. The molecule has 1 aromatic rings. The van der Waals surface area contributed by atoms with Crippen molar-refractivity contribution in [3.63, 3.8) is 0 Å². The van der Waals surface area contributed by atoms with E-state index < -0.39 is 17.5 Å². The van der Waals surface area contributed by atoms with Crippen LogP contribution < -0.4 is 4.74 Å². The van der Waals surface area contributed by atoms with E-state index in [2.05, 4.69) is 0 Å². The Morgan fingerprint density at radius 1 is 1.41 bits per heavy atom. The molecular formula is C17H22O5. The van der Waals surface area contributed by atoms with Crippen LogP contribution in [0.15, 0.2) is 12.1 Å². The normalized spacial score (nSPS) is 21.9. The van der Waals surface area contributed by atoms with Crippen molar-refractivity contribution in [2.75, 3.05) is 0 Å². The summed E-state index contributed by atoms with van der Waals surface area (Å²) in [5.74, 6) is -1.49. The highest BCUT2D eigenvalue weighted by molar-refractivity contribution is 6.01. The summed E-state index contributed by atoms with van der Waals surface area (Å²) in [6.07, 6.45) is 1.81. The number of benzene rings is 1. The third-order valence-corrected chi connectivity index (χ3v) is 4.56. The number of hydrogen-bond donors (Lipinski definition) is 2. The standard InChI is InChI=1S/C17H22O5/c1-4-6-11-13(18)8-7-12-14(19)9-17(5-2,22-15(11)12)10(3)16(20)21/h7-8,10,18H,4-6,9H2,1-3H3,(H,20,21). The fraction of sp³-hybridized carbons (Fsp3) is 0.529. The van der Waals surface area contributed by atoms with Gasteiger partial charge in [-0.05, 0) is 31.9 Å². The Balaban J connectivity index is 2.57. The molecule has 2 atom stereocenters. The van der Waals surface area contributed by atoms with Gasteiger partial charge in [-0.3, -0.25) is 9.59 Å². The first-order valence-electron chi connectivity index (χ1n) is 7.66. The van der Waals surface area contributed by atoms with Gasteiger partial charge in [0.25, 0.3) is 0 Å². The van der Waals surface area contributed by atoms with Crippen molar-refractivity contribution in [1.29, 1.82) is 0 Å². The second-order valence-corrected chi connectivity index (χ2v) is 5.87. The van der Waals surface area contributed by atoms with E-state index in [0.717, 1.165) is 6.42 Å². The summed E-state index contributed by atoms with van der Waals surface area (Å²) in [6, 6.07) is 3.06. The van der Waals surface area contributed by atoms with Gasteiger partial charge in [0.15, 0.2) is 5.78 Å². The molecule has 1 aliphatic heterocycles. The molecule has 0 saturated carbocycles. The number of carbonyl (C=O) groups is 2. The molecule has 1 heterocycles. The van der Waals surface area contributed by atoms with Crippen molar-refractivity contribution >= 4 is 11.8 Å². The summed E-state index contributed by atoms with van der Waals surface area (Å²) < 4.78 is 6.07. The van der Waals surface area contributed by atoms with Gasteiger partial charge in [-0.1, -0.05) is 20.3 Å². The van der Waals surface area contributed by atoms with E-state index in [1.165, 1.54) is 6.07 Å². The van der Waals surface area contributed by atoms with Crippen LogP contribution in [0.3, 0.4) is 0 Å². The Kier molecular flexibility index (Phi) is 4.44. The molecule has 22 heavy (non-hydrogen) atoms. The number of Topliss-reactive ketones (excluding diaryl/α,β-unsaturated/α-hetero) is 1. The first-order chi connectivity index (χ1) is 10.4. The Hall–Kier alpha value is -2.04. The lowest BCUT2D eigenvalue weighted by molar-refractivity contribution is -0.149. The van der Waals surface area contributed by atoms with Crippen molar-refractivity contribution < 1.29 is 24.5 Å². The Labute approximate surface area is 129 Å². The molecule has 2 unspecified atom stereocenters. The number of fused-ring (bicyclic) bond motifs is 1. The van der Waals surface area contributed by atoms with Crippen molar-refractivity contribution in [3.8, 4) is 11.5 Å². The van der Waals surface area contributed by atoms with Crippen molar-refractivity contribution in [1.82, 2.24) is 0 Å². The maximum atomic E-state index is 12.5. The Morgan fingerprint density at radius 2 is 2.09 bits per heavy atom. The largest absolute Gasteiger partial charge is 0.508 e. The maximum absolute atomic E-state index is 12.5. The predicted octanol–water partition coefficient (Wildman–Crippen LogP) is 3.18. The first-order valence-corrected chi connectivity index (χ1v) is 7.66. The highest BCUT2D eigenvalue weighted by Gasteiger charge is 2.47. The van der Waals surface area contributed by atoms with Crippen LogP contribution in [0.5, 0.6) is 11.5 Å². The number of hydrogen-bond acceptors (Lipinski definition) is 4. The maximum Gasteiger partial charge on any atom is 0.310 e. The molecule has 0 aromatic heterocycles. The van der Waals surface area contributed by atoms with E-state index in [-0.39, 0.29) is 18.0 Å². The number of carboxylic acid groups (broad SMARTS) is 1. The van der Waals surface area contributed by atoms with Crippen LogP contribution in [-0.4, -0.2) is 27.6 Å². The summed E-state index contributed by atoms with van der Waals surface area (Å²) in [5.41, 5.74) is -0.0435. The van der Waals surface area contributed by atoms with E-state index in [1.54, 1.807) is 13.0 Å². The Bertz CT molecular complexity index is 607. The summed E-state index contributed by atoms with van der Waals surface area (Å²) >= 11 is 0. The van der Waals surface area contributed by atoms with Gasteiger partial charge in [0.05, 0.1) is 17.9 Å². The molecular weight excluding hydrogens is 284 g/mol. The van der Waals surface area contributed by atoms with Crippen LogP contribution in [0.1, 0.15) is 56.0 Å². The second kappa shape index (κ2) is 5.99. The molecule has 2 N–H and O–H groups in total. The summed E-state index contributed by atoms with van der Waals surface area (Å²) in [4.78, 5) is 23.9. The smallest absolute Gasteiger partial charge is 0.310 e.